The fraction of sp³-hybridized carbons (Fsp3) is 0.643. The molecule has 1 atom stereocenters. The normalized spacial score (nSPS) is 24.3. The van der Waals surface area contributed by atoms with Gasteiger partial charge in [0.05, 0.1) is 0 Å². The Kier molecular flexibility index (Phi) is 3.67. The number of furan rings is 1. The minimum absolute atomic E-state index is 0.0356. The summed E-state index contributed by atoms with van der Waals surface area (Å²) in [7, 11) is 0. The number of fused-ring (bicyclic) bond motifs is 1. The van der Waals surface area contributed by atoms with Gasteiger partial charge in [-0.15, -0.1) is 0 Å². The summed E-state index contributed by atoms with van der Waals surface area (Å²) >= 11 is 3.29. The molecule has 2 aliphatic rings. The molecule has 1 amide bonds. The highest BCUT2D eigenvalue weighted by atomic mass is 79.9. The fourth-order valence-electron chi connectivity index (χ4n) is 3.14. The third-order valence-electron chi connectivity index (χ3n) is 4.21. The Labute approximate surface area is 121 Å². The average Bonchev–Trinajstić information content (AvgIpc) is 2.76. The lowest BCUT2D eigenvalue weighted by molar-refractivity contribution is 0.0349. The van der Waals surface area contributed by atoms with Crippen LogP contribution in [0.2, 0.25) is 0 Å². The summed E-state index contributed by atoms with van der Waals surface area (Å²) in [5, 5.41) is 0. The topological polar surface area (TPSA) is 36.7 Å². The molecular formula is C14H19BrN2O2. The molecule has 1 aromatic rings. The molecule has 1 unspecified atom stereocenters. The van der Waals surface area contributed by atoms with Crippen molar-refractivity contribution in [2.75, 3.05) is 26.2 Å². The van der Waals surface area contributed by atoms with Gasteiger partial charge in [-0.25, -0.2) is 0 Å². The number of carbonyl (C=O) groups is 1. The number of piperidine rings is 1. The van der Waals surface area contributed by atoms with E-state index in [-0.39, 0.29) is 5.91 Å². The Bertz CT molecular complexity index is 486. The zero-order valence-electron chi connectivity index (χ0n) is 11.2. The van der Waals surface area contributed by atoms with E-state index in [9.17, 15) is 4.79 Å². The lowest BCUT2D eigenvalue weighted by atomic mass is 9.99. The van der Waals surface area contributed by atoms with Crippen LogP contribution in [-0.4, -0.2) is 47.9 Å². The number of hydrogen-bond acceptors (Lipinski definition) is 3. The van der Waals surface area contributed by atoms with Crippen LogP contribution in [0.15, 0.2) is 15.2 Å². The molecule has 0 aromatic carbocycles. The zero-order chi connectivity index (χ0) is 13.4. The van der Waals surface area contributed by atoms with E-state index >= 15 is 0 Å². The molecule has 3 heterocycles. The largest absolute Gasteiger partial charge is 0.444 e. The molecule has 0 N–H and O–H groups in total. The second kappa shape index (κ2) is 5.29. The van der Waals surface area contributed by atoms with Crippen LogP contribution in [0.4, 0.5) is 0 Å². The second-order valence-electron chi connectivity index (χ2n) is 5.50. The molecule has 1 aromatic heterocycles. The van der Waals surface area contributed by atoms with Gasteiger partial charge in [0, 0.05) is 31.2 Å². The van der Waals surface area contributed by atoms with Gasteiger partial charge in [-0.2, -0.15) is 0 Å². The van der Waals surface area contributed by atoms with Gasteiger partial charge < -0.3 is 9.32 Å². The maximum atomic E-state index is 12.5. The molecule has 0 bridgehead atoms. The Hall–Kier alpha value is -0.810. The minimum Gasteiger partial charge on any atom is -0.444 e. The third-order valence-corrected chi connectivity index (χ3v) is 4.60. The molecule has 4 nitrogen and oxygen atoms in total. The summed E-state index contributed by atoms with van der Waals surface area (Å²) in [5.41, 5.74) is 0.906. The van der Waals surface area contributed by atoms with Crippen LogP contribution in [0.5, 0.6) is 0 Å². The van der Waals surface area contributed by atoms with E-state index in [0.717, 1.165) is 25.2 Å². The summed E-state index contributed by atoms with van der Waals surface area (Å²) in [5.74, 6) is 0.518. The number of halogens is 1. The summed E-state index contributed by atoms with van der Waals surface area (Å²) < 4.78 is 6.11. The van der Waals surface area contributed by atoms with Gasteiger partial charge in [0.2, 0.25) is 0 Å². The number of aryl methyl sites for hydroxylation is 1. The molecule has 104 valence electrons. The summed E-state index contributed by atoms with van der Waals surface area (Å²) in [6.45, 7) is 5.76. The molecular weight excluding hydrogens is 308 g/mol. The number of piperazine rings is 1. The van der Waals surface area contributed by atoms with Crippen LogP contribution < -0.4 is 0 Å². The van der Waals surface area contributed by atoms with Crippen molar-refractivity contribution >= 4 is 21.8 Å². The number of nitrogens with zero attached hydrogens (tertiary/aromatic N) is 2. The van der Waals surface area contributed by atoms with E-state index < -0.39 is 0 Å². The number of hydrogen-bond donors (Lipinski definition) is 0. The first-order chi connectivity index (χ1) is 9.15. The van der Waals surface area contributed by atoms with E-state index in [1.807, 2.05) is 17.9 Å². The average molecular weight is 327 g/mol. The second-order valence-corrected chi connectivity index (χ2v) is 6.28. The first-order valence-corrected chi connectivity index (χ1v) is 7.73. The van der Waals surface area contributed by atoms with E-state index in [4.69, 9.17) is 4.42 Å². The van der Waals surface area contributed by atoms with Gasteiger partial charge in [0.1, 0.15) is 0 Å². The molecule has 19 heavy (non-hydrogen) atoms. The van der Waals surface area contributed by atoms with Gasteiger partial charge in [0.25, 0.3) is 5.91 Å². The Morgan fingerprint density at radius 1 is 1.37 bits per heavy atom. The Morgan fingerprint density at radius 3 is 2.95 bits per heavy atom. The molecule has 0 saturated carbocycles. The van der Waals surface area contributed by atoms with Gasteiger partial charge in [-0.05, 0) is 48.3 Å². The number of amides is 1. The Morgan fingerprint density at radius 2 is 2.21 bits per heavy atom. The van der Waals surface area contributed by atoms with Crippen LogP contribution >= 0.6 is 15.9 Å². The predicted molar refractivity (Wildman–Crippen MR) is 76.3 cm³/mol. The molecule has 0 spiro atoms. The van der Waals surface area contributed by atoms with Gasteiger partial charge in [-0.1, -0.05) is 6.42 Å². The van der Waals surface area contributed by atoms with Crippen LogP contribution in [0, 0.1) is 6.92 Å². The van der Waals surface area contributed by atoms with Crippen molar-refractivity contribution in [2.24, 2.45) is 0 Å². The maximum absolute atomic E-state index is 12.5. The van der Waals surface area contributed by atoms with Crippen molar-refractivity contribution in [3.63, 3.8) is 0 Å². The van der Waals surface area contributed by atoms with Crippen molar-refractivity contribution in [3.8, 4) is 0 Å². The molecule has 3 rings (SSSR count). The standard InChI is InChI=1S/C14H19BrN2O2/c1-10-8-12(15)19-13(10)14(18)17-7-6-16-5-3-2-4-11(16)9-17/h8,11H,2-7,9H2,1H3. The first kappa shape index (κ1) is 13.2. The van der Waals surface area contributed by atoms with E-state index in [2.05, 4.69) is 20.8 Å². The quantitative estimate of drug-likeness (QED) is 0.796. The predicted octanol–water partition coefficient (Wildman–Crippen LogP) is 2.66. The molecule has 0 radical (unpaired) electrons. The summed E-state index contributed by atoms with van der Waals surface area (Å²) in [4.78, 5) is 17.0. The highest BCUT2D eigenvalue weighted by Crippen LogP contribution is 2.25. The number of carbonyl (C=O) groups excluding carboxylic acids is 1. The van der Waals surface area contributed by atoms with Crippen molar-refractivity contribution < 1.29 is 9.21 Å². The van der Waals surface area contributed by atoms with E-state index in [0.29, 0.717) is 16.5 Å². The maximum Gasteiger partial charge on any atom is 0.289 e. The van der Waals surface area contributed by atoms with Crippen LogP contribution in [0.1, 0.15) is 35.4 Å². The van der Waals surface area contributed by atoms with Crippen LogP contribution in [0.3, 0.4) is 0 Å². The van der Waals surface area contributed by atoms with Gasteiger partial charge >= 0.3 is 0 Å². The number of rotatable bonds is 1. The van der Waals surface area contributed by atoms with E-state index in [1.54, 1.807) is 0 Å². The highest BCUT2D eigenvalue weighted by molar-refractivity contribution is 9.10. The van der Waals surface area contributed by atoms with Crippen molar-refractivity contribution in [1.82, 2.24) is 9.80 Å². The van der Waals surface area contributed by atoms with Crippen LogP contribution in [0.25, 0.3) is 0 Å². The van der Waals surface area contributed by atoms with Gasteiger partial charge in [0.15, 0.2) is 10.4 Å². The molecule has 5 heteroatoms. The first-order valence-electron chi connectivity index (χ1n) is 6.94. The molecule has 2 fully saturated rings. The molecule has 2 aliphatic heterocycles. The third kappa shape index (κ3) is 2.58. The lowest BCUT2D eigenvalue weighted by Crippen LogP contribution is -2.56. The van der Waals surface area contributed by atoms with Crippen molar-refractivity contribution in [3.05, 3.63) is 22.1 Å². The zero-order valence-corrected chi connectivity index (χ0v) is 12.8. The lowest BCUT2D eigenvalue weighted by Gasteiger charge is -2.43. The van der Waals surface area contributed by atoms with Gasteiger partial charge in [-0.3, -0.25) is 9.69 Å². The summed E-state index contributed by atoms with van der Waals surface area (Å²) in [6.07, 6.45) is 3.80. The molecule has 0 aliphatic carbocycles. The summed E-state index contributed by atoms with van der Waals surface area (Å²) in [6, 6.07) is 2.40. The monoisotopic (exact) mass is 326 g/mol. The Balaban J connectivity index is 1.72. The van der Waals surface area contributed by atoms with Crippen molar-refractivity contribution in [1.29, 1.82) is 0 Å². The highest BCUT2D eigenvalue weighted by Gasteiger charge is 2.32. The fourth-order valence-corrected chi connectivity index (χ4v) is 3.64. The minimum atomic E-state index is 0.0356. The van der Waals surface area contributed by atoms with Crippen LogP contribution in [-0.2, 0) is 0 Å². The molecule has 2 saturated heterocycles. The SMILES string of the molecule is Cc1cc(Br)oc1C(=O)N1CCN2CCCCC2C1. The van der Waals surface area contributed by atoms with Crippen molar-refractivity contribution in [2.45, 2.75) is 32.2 Å². The van der Waals surface area contributed by atoms with E-state index in [1.165, 1.54) is 25.8 Å². The smallest absolute Gasteiger partial charge is 0.289 e.